The minimum Gasteiger partial charge on any atom is -0.299 e. The molecule has 0 spiro atoms. The molecule has 0 bridgehead atoms. The zero-order chi connectivity index (χ0) is 10.9. The first kappa shape index (κ1) is 12.9. The predicted octanol–water partition coefficient (Wildman–Crippen LogP) is 2.94. The van der Waals surface area contributed by atoms with Crippen LogP contribution in [0.25, 0.3) is 0 Å². The summed E-state index contributed by atoms with van der Waals surface area (Å²) in [4.78, 5) is 0. The first-order chi connectivity index (χ1) is 7.36. The second-order valence-corrected chi connectivity index (χ2v) is 5.56. The molecule has 0 aromatic rings. The van der Waals surface area contributed by atoms with Gasteiger partial charge in [-0.05, 0) is 30.8 Å². The van der Waals surface area contributed by atoms with E-state index in [1.807, 2.05) is 11.8 Å². The normalized spacial score (nSPS) is 19.7. The van der Waals surface area contributed by atoms with E-state index in [0.29, 0.717) is 6.04 Å². The van der Waals surface area contributed by atoms with E-state index in [0.717, 1.165) is 17.9 Å². The molecule has 0 aromatic carbocycles. The molecule has 1 atom stereocenters. The number of thioether (sulfide) groups is 1. The topological polar surface area (TPSA) is 35.8 Å². The molecule has 1 aliphatic carbocycles. The molecule has 0 aromatic heterocycles. The lowest BCUT2D eigenvalue weighted by Gasteiger charge is -2.25. The third-order valence-corrected chi connectivity index (χ3v) is 3.89. The van der Waals surface area contributed by atoms with Gasteiger partial charge in [-0.3, -0.25) is 5.32 Å². The Bertz CT molecular complexity index is 194. The Hall–Kier alpha value is -0.200. The molecule has 1 rings (SSSR count). The summed E-state index contributed by atoms with van der Waals surface area (Å²) in [7, 11) is 0. The van der Waals surface area contributed by atoms with Crippen molar-refractivity contribution in [3.8, 4) is 6.07 Å². The number of rotatable bonds is 6. The van der Waals surface area contributed by atoms with Crippen molar-refractivity contribution in [3.05, 3.63) is 0 Å². The highest BCUT2D eigenvalue weighted by Crippen LogP contribution is 2.18. The zero-order valence-electron chi connectivity index (χ0n) is 9.67. The van der Waals surface area contributed by atoms with Crippen LogP contribution < -0.4 is 5.32 Å². The molecule has 0 radical (unpaired) electrons. The molecule has 3 heteroatoms. The van der Waals surface area contributed by atoms with Crippen LogP contribution in [0.1, 0.15) is 45.4 Å². The van der Waals surface area contributed by atoms with Crippen molar-refractivity contribution < 1.29 is 0 Å². The summed E-state index contributed by atoms with van der Waals surface area (Å²) in [5, 5.41) is 12.5. The fourth-order valence-electron chi connectivity index (χ4n) is 2.08. The van der Waals surface area contributed by atoms with Crippen LogP contribution in [0, 0.1) is 11.3 Å². The van der Waals surface area contributed by atoms with Crippen molar-refractivity contribution in [2.45, 2.75) is 57.5 Å². The molecular weight excluding hydrogens is 204 g/mol. The summed E-state index contributed by atoms with van der Waals surface area (Å²) in [6.07, 6.45) is 7.56. The molecule has 1 fully saturated rings. The molecule has 1 aliphatic rings. The Balaban J connectivity index is 2.17. The third-order valence-electron chi connectivity index (χ3n) is 2.95. The Morgan fingerprint density at radius 3 is 2.73 bits per heavy atom. The van der Waals surface area contributed by atoms with Crippen molar-refractivity contribution in [3.63, 3.8) is 0 Å². The van der Waals surface area contributed by atoms with Crippen LogP contribution in [-0.2, 0) is 0 Å². The van der Waals surface area contributed by atoms with Crippen molar-refractivity contribution in [1.29, 1.82) is 5.26 Å². The average Bonchev–Trinajstić information content (AvgIpc) is 2.29. The largest absolute Gasteiger partial charge is 0.299 e. The Labute approximate surface area is 97.8 Å². The minimum atomic E-state index is 0.0761. The standard InChI is InChI=1S/C12H22N2S/c1-2-15-9-8-12(10-13)14-11-6-4-3-5-7-11/h11-12,14H,2-9H2,1H3. The lowest BCUT2D eigenvalue weighted by Crippen LogP contribution is -2.39. The van der Waals surface area contributed by atoms with E-state index in [1.54, 1.807) is 0 Å². The van der Waals surface area contributed by atoms with E-state index in [-0.39, 0.29) is 6.04 Å². The summed E-state index contributed by atoms with van der Waals surface area (Å²) >= 11 is 1.92. The maximum atomic E-state index is 9.03. The molecule has 0 saturated heterocycles. The SMILES string of the molecule is CCSCCC(C#N)NC1CCCCC1. The number of hydrogen-bond acceptors (Lipinski definition) is 3. The van der Waals surface area contributed by atoms with Crippen LogP contribution in [0.2, 0.25) is 0 Å². The minimum absolute atomic E-state index is 0.0761. The molecular formula is C12H22N2S. The van der Waals surface area contributed by atoms with Crippen LogP contribution in [0.15, 0.2) is 0 Å². The fourth-order valence-corrected chi connectivity index (χ4v) is 2.78. The lowest BCUT2D eigenvalue weighted by atomic mass is 9.95. The van der Waals surface area contributed by atoms with Crippen LogP contribution >= 0.6 is 11.8 Å². The lowest BCUT2D eigenvalue weighted by molar-refractivity contribution is 0.355. The van der Waals surface area contributed by atoms with Gasteiger partial charge in [0, 0.05) is 6.04 Å². The van der Waals surface area contributed by atoms with E-state index in [2.05, 4.69) is 18.3 Å². The van der Waals surface area contributed by atoms with Crippen molar-refractivity contribution in [2.24, 2.45) is 0 Å². The van der Waals surface area contributed by atoms with E-state index in [1.165, 1.54) is 32.1 Å². The van der Waals surface area contributed by atoms with Crippen molar-refractivity contribution >= 4 is 11.8 Å². The van der Waals surface area contributed by atoms with Gasteiger partial charge in [0.2, 0.25) is 0 Å². The van der Waals surface area contributed by atoms with Crippen molar-refractivity contribution in [2.75, 3.05) is 11.5 Å². The van der Waals surface area contributed by atoms with Gasteiger partial charge in [0.1, 0.15) is 0 Å². The van der Waals surface area contributed by atoms with E-state index in [9.17, 15) is 0 Å². The summed E-state index contributed by atoms with van der Waals surface area (Å²) < 4.78 is 0. The summed E-state index contributed by atoms with van der Waals surface area (Å²) in [6, 6.07) is 3.07. The van der Waals surface area contributed by atoms with Gasteiger partial charge in [-0.2, -0.15) is 17.0 Å². The highest BCUT2D eigenvalue weighted by atomic mass is 32.2. The molecule has 1 saturated carbocycles. The number of nitriles is 1. The molecule has 0 aliphatic heterocycles. The molecule has 1 N–H and O–H groups in total. The number of nitrogens with one attached hydrogen (secondary N) is 1. The van der Waals surface area contributed by atoms with E-state index in [4.69, 9.17) is 5.26 Å². The maximum absolute atomic E-state index is 9.03. The maximum Gasteiger partial charge on any atom is 0.0963 e. The van der Waals surface area contributed by atoms with Gasteiger partial charge in [0.15, 0.2) is 0 Å². The van der Waals surface area contributed by atoms with Gasteiger partial charge in [-0.25, -0.2) is 0 Å². The van der Waals surface area contributed by atoms with Gasteiger partial charge < -0.3 is 0 Å². The fraction of sp³-hybridized carbons (Fsp3) is 0.917. The van der Waals surface area contributed by atoms with Gasteiger partial charge in [-0.15, -0.1) is 0 Å². The summed E-state index contributed by atoms with van der Waals surface area (Å²) in [5.41, 5.74) is 0. The molecule has 0 amide bonds. The van der Waals surface area contributed by atoms with Gasteiger partial charge in [-0.1, -0.05) is 26.2 Å². The average molecular weight is 226 g/mol. The molecule has 0 heterocycles. The van der Waals surface area contributed by atoms with Gasteiger partial charge in [0.25, 0.3) is 0 Å². The monoisotopic (exact) mass is 226 g/mol. The highest BCUT2D eigenvalue weighted by Gasteiger charge is 2.16. The van der Waals surface area contributed by atoms with E-state index >= 15 is 0 Å². The van der Waals surface area contributed by atoms with E-state index < -0.39 is 0 Å². The molecule has 1 unspecified atom stereocenters. The third kappa shape index (κ3) is 5.44. The number of hydrogen-bond donors (Lipinski definition) is 1. The van der Waals surface area contributed by atoms with Crippen LogP contribution in [0.5, 0.6) is 0 Å². The smallest absolute Gasteiger partial charge is 0.0963 e. The first-order valence-electron chi connectivity index (χ1n) is 6.10. The Morgan fingerprint density at radius 2 is 2.13 bits per heavy atom. The van der Waals surface area contributed by atoms with Crippen LogP contribution in [0.4, 0.5) is 0 Å². The van der Waals surface area contributed by atoms with Crippen LogP contribution in [-0.4, -0.2) is 23.6 Å². The van der Waals surface area contributed by atoms with Gasteiger partial charge in [0.05, 0.1) is 12.1 Å². The molecule has 86 valence electrons. The quantitative estimate of drug-likeness (QED) is 0.707. The van der Waals surface area contributed by atoms with Crippen molar-refractivity contribution in [1.82, 2.24) is 5.32 Å². The molecule has 15 heavy (non-hydrogen) atoms. The van der Waals surface area contributed by atoms with Gasteiger partial charge >= 0.3 is 0 Å². The second-order valence-electron chi connectivity index (χ2n) is 4.17. The first-order valence-corrected chi connectivity index (χ1v) is 7.25. The Morgan fingerprint density at radius 1 is 1.40 bits per heavy atom. The highest BCUT2D eigenvalue weighted by molar-refractivity contribution is 7.99. The summed E-state index contributed by atoms with van der Waals surface area (Å²) in [6.45, 7) is 2.17. The number of nitrogens with zero attached hydrogens (tertiary/aromatic N) is 1. The Kier molecular flexibility index (Phi) is 6.87. The van der Waals surface area contributed by atoms with Crippen LogP contribution in [0.3, 0.4) is 0 Å². The summed E-state index contributed by atoms with van der Waals surface area (Å²) in [5.74, 6) is 2.26. The molecule has 2 nitrogen and oxygen atoms in total. The predicted molar refractivity (Wildman–Crippen MR) is 67.0 cm³/mol. The zero-order valence-corrected chi connectivity index (χ0v) is 10.5. The second kappa shape index (κ2) is 8.01.